The van der Waals surface area contributed by atoms with E-state index in [-0.39, 0.29) is 24.6 Å². The highest BCUT2D eigenvalue weighted by Crippen LogP contribution is 2.45. The van der Waals surface area contributed by atoms with Gasteiger partial charge in [-0.2, -0.15) is 0 Å². The Hall–Kier alpha value is -3.33. The Kier molecular flexibility index (Phi) is 7.98. The number of aromatic nitrogens is 1. The van der Waals surface area contributed by atoms with Crippen molar-refractivity contribution in [3.63, 3.8) is 0 Å². The third-order valence-electron chi connectivity index (χ3n) is 4.95. The van der Waals surface area contributed by atoms with Crippen LogP contribution in [0.3, 0.4) is 0 Å². The molecule has 13 nitrogen and oxygen atoms in total. The molecule has 0 saturated carbocycles. The topological polar surface area (TPSA) is 172 Å². The fourth-order valence-corrected chi connectivity index (χ4v) is 5.43. The Morgan fingerprint density at radius 3 is 2.79 bits per heavy atom. The predicted octanol–water partition coefficient (Wildman–Crippen LogP) is 0.805. The summed E-state index contributed by atoms with van der Waals surface area (Å²) >= 11 is 2.54. The number of thiazole rings is 1. The van der Waals surface area contributed by atoms with Crippen LogP contribution in [0.25, 0.3) is 0 Å². The molecule has 2 aliphatic heterocycles. The molecule has 34 heavy (non-hydrogen) atoms. The number of fused-ring (bicyclic) bond motifs is 1. The molecule has 3 N–H and O–H groups in total. The number of carbonyl (C=O) groups excluding carboxylic acids is 4. The minimum absolute atomic E-state index is 0.0730. The predicted molar refractivity (Wildman–Crippen MR) is 121 cm³/mol. The van der Waals surface area contributed by atoms with Crippen molar-refractivity contribution in [3.05, 3.63) is 28.4 Å². The Morgan fingerprint density at radius 1 is 1.41 bits per heavy atom. The lowest BCUT2D eigenvalue weighted by Crippen LogP contribution is -2.83. The fourth-order valence-electron chi connectivity index (χ4n) is 3.43. The molecular weight excluding hydrogens is 490 g/mol. The first-order valence-corrected chi connectivity index (χ1v) is 12.0. The van der Waals surface area contributed by atoms with E-state index >= 15 is 0 Å². The number of thioether (sulfide) groups is 1. The van der Waals surface area contributed by atoms with Gasteiger partial charge in [0.15, 0.2) is 11.3 Å². The number of ether oxygens (including phenoxy) is 3. The van der Waals surface area contributed by atoms with Crippen LogP contribution in [-0.2, 0) is 28.6 Å². The van der Waals surface area contributed by atoms with Crippen LogP contribution >= 0.6 is 23.1 Å². The number of oxime groups is 1. The van der Waals surface area contributed by atoms with Crippen molar-refractivity contribution in [2.45, 2.75) is 30.9 Å². The van der Waals surface area contributed by atoms with Crippen LogP contribution in [0.15, 0.2) is 27.8 Å². The molecule has 184 valence electrons. The summed E-state index contributed by atoms with van der Waals surface area (Å²) in [5.74, 6) is -0.912. The molecule has 1 saturated heterocycles. The third-order valence-corrected chi connectivity index (χ3v) is 6.99. The van der Waals surface area contributed by atoms with Gasteiger partial charge in [-0.25, -0.2) is 14.6 Å². The maximum atomic E-state index is 13.4. The maximum Gasteiger partial charge on any atom is 0.508 e. The monoisotopic (exact) mass is 513 g/mol. The number of primary amides is 1. The standard InChI is InChI=1S/C19H23N5O8S2/c1-4-30-18(28)32-10(2)19(22-14(25)13(23-29-3)12-8-33-9-21-12)15(26)24-5-11(6-31-17(20)27)7-34-16(19)24/h5,8-10,16H,4,6-7H2,1-3H3,(H2,20,27)(H,22,25)/b23-13-/t10?,16-,19?/m0/s1. The molecule has 3 heterocycles. The van der Waals surface area contributed by atoms with E-state index in [2.05, 4.69) is 15.5 Å². The van der Waals surface area contributed by atoms with Crippen molar-refractivity contribution in [1.82, 2.24) is 15.2 Å². The Bertz CT molecular complexity index is 1010. The number of nitrogens with two attached hydrogens (primary N) is 1. The summed E-state index contributed by atoms with van der Waals surface area (Å²) in [6.07, 6.45) is -1.49. The normalized spacial score (nSPS) is 22.5. The van der Waals surface area contributed by atoms with Crippen molar-refractivity contribution < 1.29 is 38.2 Å². The molecular formula is C19H23N5O8S2. The lowest BCUT2D eigenvalue weighted by atomic mass is 9.82. The van der Waals surface area contributed by atoms with Crippen molar-refractivity contribution in [2.24, 2.45) is 10.9 Å². The number of hydrogen-bond donors (Lipinski definition) is 2. The van der Waals surface area contributed by atoms with Crippen LogP contribution in [-0.4, -0.2) is 82.8 Å². The summed E-state index contributed by atoms with van der Waals surface area (Å²) in [5.41, 5.74) is 5.63. The van der Waals surface area contributed by atoms with Crippen molar-refractivity contribution in [3.8, 4) is 0 Å². The lowest BCUT2D eigenvalue weighted by Gasteiger charge is -2.57. The number of nitrogens with one attached hydrogen (secondary N) is 1. The van der Waals surface area contributed by atoms with Crippen LogP contribution in [0.4, 0.5) is 9.59 Å². The van der Waals surface area contributed by atoms with Crippen LogP contribution in [0.1, 0.15) is 19.5 Å². The van der Waals surface area contributed by atoms with Gasteiger partial charge in [0.05, 0.1) is 12.1 Å². The van der Waals surface area contributed by atoms with E-state index in [1.54, 1.807) is 12.3 Å². The quantitative estimate of drug-likeness (QED) is 0.208. The largest absolute Gasteiger partial charge is 0.508 e. The van der Waals surface area contributed by atoms with Crippen LogP contribution in [0.2, 0.25) is 0 Å². The molecule has 1 aromatic rings. The average Bonchev–Trinajstić information content (AvgIpc) is 3.33. The van der Waals surface area contributed by atoms with E-state index in [4.69, 9.17) is 24.8 Å². The number of carbonyl (C=O) groups is 4. The maximum absolute atomic E-state index is 13.4. The van der Waals surface area contributed by atoms with Crippen LogP contribution in [0.5, 0.6) is 0 Å². The van der Waals surface area contributed by atoms with Crippen LogP contribution in [0, 0.1) is 0 Å². The highest BCUT2D eigenvalue weighted by molar-refractivity contribution is 8.00. The van der Waals surface area contributed by atoms with Gasteiger partial charge in [0.2, 0.25) is 0 Å². The SMILES string of the molecule is CCOC(=O)OC(C)C1(NC(=O)/C(=N\OC)c2cscn2)C(=O)N2C=C(COC(N)=O)CS[C@H]21. The molecule has 3 rings (SSSR count). The Morgan fingerprint density at radius 2 is 2.18 bits per heavy atom. The summed E-state index contributed by atoms with van der Waals surface area (Å²) < 4.78 is 15.0. The second kappa shape index (κ2) is 10.7. The molecule has 0 aliphatic carbocycles. The first kappa shape index (κ1) is 25.3. The van der Waals surface area contributed by atoms with Crippen molar-refractivity contribution in [1.29, 1.82) is 0 Å². The first-order valence-electron chi connectivity index (χ1n) is 9.96. The number of hydrogen-bond acceptors (Lipinski definition) is 12. The van der Waals surface area contributed by atoms with Gasteiger partial charge in [0.25, 0.3) is 11.8 Å². The molecule has 3 amide bonds. The van der Waals surface area contributed by atoms with Crippen molar-refractivity contribution >= 4 is 52.9 Å². The van der Waals surface area contributed by atoms with E-state index in [0.29, 0.717) is 11.3 Å². The summed E-state index contributed by atoms with van der Waals surface area (Å²) in [7, 11) is 1.27. The summed E-state index contributed by atoms with van der Waals surface area (Å²) in [6.45, 7) is 3.09. The van der Waals surface area contributed by atoms with Gasteiger partial charge < -0.3 is 35.0 Å². The number of amides is 3. The van der Waals surface area contributed by atoms with E-state index in [9.17, 15) is 19.2 Å². The smallest absolute Gasteiger partial charge is 0.445 e. The minimum atomic E-state index is -1.63. The molecule has 1 aromatic heterocycles. The van der Waals surface area contributed by atoms with Gasteiger partial charge in [-0.15, -0.1) is 23.1 Å². The van der Waals surface area contributed by atoms with Gasteiger partial charge in [-0.1, -0.05) is 5.16 Å². The van der Waals surface area contributed by atoms with Gasteiger partial charge in [0.1, 0.15) is 30.9 Å². The summed E-state index contributed by atoms with van der Waals surface area (Å²) in [6, 6.07) is 0. The average molecular weight is 514 g/mol. The zero-order chi connectivity index (χ0) is 24.9. The van der Waals surface area contributed by atoms with Crippen LogP contribution < -0.4 is 11.1 Å². The highest BCUT2D eigenvalue weighted by Gasteiger charge is 2.67. The van der Waals surface area contributed by atoms with Crippen molar-refractivity contribution in [2.75, 3.05) is 26.1 Å². The zero-order valence-electron chi connectivity index (χ0n) is 18.5. The Balaban J connectivity index is 1.90. The summed E-state index contributed by atoms with van der Waals surface area (Å²) in [5, 5.41) is 7.42. The molecule has 0 bridgehead atoms. The fraction of sp³-hybridized carbons (Fsp3) is 0.474. The Labute approximate surface area is 202 Å². The third kappa shape index (κ3) is 4.94. The first-order chi connectivity index (χ1) is 16.2. The van der Waals surface area contributed by atoms with Gasteiger partial charge in [-0.3, -0.25) is 9.59 Å². The molecule has 0 spiro atoms. The van der Waals surface area contributed by atoms with E-state index < -0.39 is 41.1 Å². The zero-order valence-corrected chi connectivity index (χ0v) is 20.1. The van der Waals surface area contributed by atoms with E-state index in [1.165, 1.54) is 53.7 Å². The second-order valence-corrected chi connectivity index (χ2v) is 8.82. The molecule has 1 fully saturated rings. The van der Waals surface area contributed by atoms with E-state index in [1.807, 2.05) is 0 Å². The molecule has 3 atom stereocenters. The number of β-lactam (4-membered cyclic amide) rings is 1. The summed E-state index contributed by atoms with van der Waals surface area (Å²) in [4.78, 5) is 59.7. The molecule has 0 radical (unpaired) electrons. The second-order valence-electron chi connectivity index (χ2n) is 7.03. The minimum Gasteiger partial charge on any atom is -0.445 e. The van der Waals surface area contributed by atoms with Gasteiger partial charge in [0, 0.05) is 17.3 Å². The number of rotatable bonds is 9. The van der Waals surface area contributed by atoms with E-state index in [0.717, 1.165) is 0 Å². The van der Waals surface area contributed by atoms with Gasteiger partial charge in [-0.05, 0) is 19.4 Å². The number of nitrogens with zero attached hydrogens (tertiary/aromatic N) is 3. The van der Waals surface area contributed by atoms with Gasteiger partial charge >= 0.3 is 12.2 Å². The highest BCUT2D eigenvalue weighted by atomic mass is 32.2. The molecule has 2 unspecified atom stereocenters. The lowest BCUT2D eigenvalue weighted by molar-refractivity contribution is -0.163. The molecule has 0 aromatic carbocycles. The molecule has 15 heteroatoms. The molecule has 2 aliphatic rings.